The average Bonchev–Trinajstić information content (AvgIpc) is 2.34. The van der Waals surface area contributed by atoms with Crippen molar-refractivity contribution in [3.8, 4) is 0 Å². The molecule has 0 aromatic carbocycles. The first kappa shape index (κ1) is 16.0. The van der Waals surface area contributed by atoms with Crippen molar-refractivity contribution in [3.05, 3.63) is 0 Å². The van der Waals surface area contributed by atoms with Crippen molar-refractivity contribution in [1.82, 2.24) is 5.32 Å². The zero-order valence-corrected chi connectivity index (χ0v) is 12.1. The fourth-order valence-electron chi connectivity index (χ4n) is 2.49. The summed E-state index contributed by atoms with van der Waals surface area (Å²) in [6, 6.07) is -1.50. The van der Waals surface area contributed by atoms with Crippen LogP contribution in [0, 0.1) is 11.3 Å². The lowest BCUT2D eigenvalue weighted by Gasteiger charge is -2.31. The van der Waals surface area contributed by atoms with Crippen molar-refractivity contribution in [3.63, 3.8) is 0 Å². The van der Waals surface area contributed by atoms with Crippen molar-refractivity contribution in [2.75, 3.05) is 0 Å². The molecule has 1 amide bonds. The number of rotatable bonds is 4. The monoisotopic (exact) mass is 270 g/mol. The van der Waals surface area contributed by atoms with Gasteiger partial charge < -0.3 is 16.2 Å². The molecule has 1 aliphatic carbocycles. The Hall–Kier alpha value is -1.10. The van der Waals surface area contributed by atoms with Crippen LogP contribution < -0.4 is 11.1 Å². The van der Waals surface area contributed by atoms with E-state index < -0.39 is 18.1 Å². The molecule has 0 aromatic rings. The van der Waals surface area contributed by atoms with E-state index in [9.17, 15) is 14.7 Å². The van der Waals surface area contributed by atoms with Crippen LogP contribution in [-0.4, -0.2) is 29.1 Å². The molecule has 0 aliphatic heterocycles. The molecular formula is C14H26N2O3. The molecule has 0 radical (unpaired) electrons. The van der Waals surface area contributed by atoms with Crippen molar-refractivity contribution < 1.29 is 14.7 Å². The molecule has 0 unspecified atom stereocenters. The molecule has 0 aromatic heterocycles. The molecular weight excluding hydrogens is 244 g/mol. The Kier molecular flexibility index (Phi) is 5.35. The van der Waals surface area contributed by atoms with E-state index >= 15 is 0 Å². The van der Waals surface area contributed by atoms with Gasteiger partial charge in [0.05, 0.1) is 6.04 Å². The first-order valence-electron chi connectivity index (χ1n) is 7.02. The number of carbonyl (C=O) groups is 2. The highest BCUT2D eigenvalue weighted by molar-refractivity contribution is 5.87. The molecule has 1 saturated carbocycles. The van der Waals surface area contributed by atoms with Gasteiger partial charge in [-0.2, -0.15) is 0 Å². The van der Waals surface area contributed by atoms with E-state index in [2.05, 4.69) is 5.32 Å². The van der Waals surface area contributed by atoms with Gasteiger partial charge in [-0.25, -0.2) is 4.79 Å². The average molecular weight is 270 g/mol. The fraction of sp³-hybridized carbons (Fsp3) is 0.857. The van der Waals surface area contributed by atoms with Gasteiger partial charge in [0.15, 0.2) is 0 Å². The predicted molar refractivity (Wildman–Crippen MR) is 73.6 cm³/mol. The fourth-order valence-corrected chi connectivity index (χ4v) is 2.49. The summed E-state index contributed by atoms with van der Waals surface area (Å²) in [5.41, 5.74) is 5.49. The van der Waals surface area contributed by atoms with Gasteiger partial charge in [-0.05, 0) is 24.2 Å². The van der Waals surface area contributed by atoms with Gasteiger partial charge in [0.2, 0.25) is 5.91 Å². The first-order chi connectivity index (χ1) is 8.73. The summed E-state index contributed by atoms with van der Waals surface area (Å²) in [5, 5.41) is 11.9. The summed E-state index contributed by atoms with van der Waals surface area (Å²) in [6.07, 6.45) is 4.95. The second-order valence-corrected chi connectivity index (χ2v) is 6.57. The van der Waals surface area contributed by atoms with Crippen LogP contribution >= 0.6 is 0 Å². The highest BCUT2D eigenvalue weighted by Gasteiger charge is 2.34. The highest BCUT2D eigenvalue weighted by atomic mass is 16.4. The first-order valence-corrected chi connectivity index (χ1v) is 7.02. The number of carboxylic acid groups (broad SMARTS) is 1. The highest BCUT2D eigenvalue weighted by Crippen LogP contribution is 2.27. The number of carbonyl (C=O) groups excluding carboxylic acids is 1. The van der Waals surface area contributed by atoms with Crippen LogP contribution in [0.5, 0.6) is 0 Å². The van der Waals surface area contributed by atoms with Crippen LogP contribution in [0.1, 0.15) is 52.9 Å². The summed E-state index contributed by atoms with van der Waals surface area (Å²) in [4.78, 5) is 23.4. The van der Waals surface area contributed by atoms with E-state index in [4.69, 9.17) is 5.73 Å². The van der Waals surface area contributed by atoms with Gasteiger partial charge in [-0.15, -0.1) is 0 Å². The quantitative estimate of drug-likeness (QED) is 0.722. The standard InChI is InChI=1S/C14H26N2O3/c1-14(2,3)11(15)12(17)16-10(13(18)19)9-7-5-4-6-8-9/h9-11H,4-8,15H2,1-3H3,(H,16,17)(H,18,19)/t10-,11+/m0/s1. The minimum atomic E-state index is -0.957. The minimum Gasteiger partial charge on any atom is -0.480 e. The van der Waals surface area contributed by atoms with Crippen LogP contribution in [-0.2, 0) is 9.59 Å². The Labute approximate surface area is 114 Å². The van der Waals surface area contributed by atoms with Crippen molar-refractivity contribution >= 4 is 11.9 Å². The number of carboxylic acids is 1. The van der Waals surface area contributed by atoms with E-state index in [0.29, 0.717) is 0 Å². The zero-order valence-electron chi connectivity index (χ0n) is 12.1. The molecule has 1 aliphatic rings. The largest absolute Gasteiger partial charge is 0.480 e. The topological polar surface area (TPSA) is 92.4 Å². The summed E-state index contributed by atoms with van der Waals surface area (Å²) in [6.45, 7) is 5.61. The third-order valence-electron chi connectivity index (χ3n) is 3.90. The molecule has 1 rings (SSSR count). The molecule has 0 saturated heterocycles. The lowest BCUT2D eigenvalue weighted by Crippen LogP contribution is -2.55. The number of aliphatic carboxylic acids is 1. The number of hydrogen-bond acceptors (Lipinski definition) is 3. The van der Waals surface area contributed by atoms with Crippen LogP contribution in [0.2, 0.25) is 0 Å². The van der Waals surface area contributed by atoms with Crippen molar-refractivity contribution in [2.45, 2.75) is 65.0 Å². The zero-order chi connectivity index (χ0) is 14.6. The SMILES string of the molecule is CC(C)(C)[C@H](N)C(=O)N[C@H](C(=O)O)C1CCCCC1. The Morgan fingerprint density at radius 1 is 1.21 bits per heavy atom. The molecule has 0 spiro atoms. The van der Waals surface area contributed by atoms with E-state index in [0.717, 1.165) is 32.1 Å². The van der Waals surface area contributed by atoms with Crippen LogP contribution in [0.4, 0.5) is 0 Å². The molecule has 1 fully saturated rings. The van der Waals surface area contributed by atoms with Crippen LogP contribution in [0.15, 0.2) is 0 Å². The summed E-state index contributed by atoms with van der Waals surface area (Å²) in [5.74, 6) is -1.30. The van der Waals surface area contributed by atoms with Gasteiger partial charge in [-0.1, -0.05) is 40.0 Å². The van der Waals surface area contributed by atoms with E-state index in [1.54, 1.807) is 0 Å². The predicted octanol–water partition coefficient (Wildman–Crippen LogP) is 1.51. The Bertz CT molecular complexity index is 330. The molecule has 4 N–H and O–H groups in total. The van der Waals surface area contributed by atoms with E-state index in [1.807, 2.05) is 20.8 Å². The maximum atomic E-state index is 12.0. The van der Waals surface area contributed by atoms with Crippen molar-refractivity contribution in [2.24, 2.45) is 17.1 Å². The minimum absolute atomic E-state index is 0.0300. The number of amides is 1. The number of nitrogens with one attached hydrogen (secondary N) is 1. The van der Waals surface area contributed by atoms with Crippen molar-refractivity contribution in [1.29, 1.82) is 0 Å². The number of hydrogen-bond donors (Lipinski definition) is 3. The summed E-state index contributed by atoms with van der Waals surface area (Å²) in [7, 11) is 0. The number of nitrogens with two attached hydrogens (primary N) is 1. The molecule has 5 nitrogen and oxygen atoms in total. The van der Waals surface area contributed by atoms with Gasteiger partial charge in [0, 0.05) is 0 Å². The molecule has 19 heavy (non-hydrogen) atoms. The smallest absolute Gasteiger partial charge is 0.326 e. The van der Waals surface area contributed by atoms with Gasteiger partial charge in [-0.3, -0.25) is 4.79 Å². The Morgan fingerprint density at radius 3 is 2.16 bits per heavy atom. The maximum absolute atomic E-state index is 12.0. The Morgan fingerprint density at radius 2 is 1.74 bits per heavy atom. The Balaban J connectivity index is 2.68. The molecule has 5 heteroatoms. The molecule has 0 bridgehead atoms. The van der Waals surface area contributed by atoms with Gasteiger partial charge in [0.1, 0.15) is 6.04 Å². The lowest BCUT2D eigenvalue weighted by molar-refractivity contribution is -0.144. The lowest BCUT2D eigenvalue weighted by atomic mass is 9.83. The molecule has 110 valence electrons. The third-order valence-corrected chi connectivity index (χ3v) is 3.90. The van der Waals surface area contributed by atoms with Crippen LogP contribution in [0.3, 0.4) is 0 Å². The van der Waals surface area contributed by atoms with Gasteiger partial charge >= 0.3 is 5.97 Å². The molecule has 2 atom stereocenters. The third kappa shape index (κ3) is 4.49. The van der Waals surface area contributed by atoms with Crippen LogP contribution in [0.25, 0.3) is 0 Å². The summed E-state index contributed by atoms with van der Waals surface area (Å²) >= 11 is 0. The summed E-state index contributed by atoms with van der Waals surface area (Å²) < 4.78 is 0. The van der Waals surface area contributed by atoms with Gasteiger partial charge in [0.25, 0.3) is 0 Å². The van der Waals surface area contributed by atoms with E-state index in [1.165, 1.54) is 0 Å². The second kappa shape index (κ2) is 6.37. The molecule has 0 heterocycles. The normalized spacial score (nSPS) is 20.6. The maximum Gasteiger partial charge on any atom is 0.326 e. The second-order valence-electron chi connectivity index (χ2n) is 6.57. The van der Waals surface area contributed by atoms with E-state index in [-0.39, 0.29) is 17.2 Å².